The van der Waals surface area contributed by atoms with Crippen LogP contribution in [0.5, 0.6) is 17.2 Å². The molecule has 0 aliphatic carbocycles. The number of aryl methyl sites for hydroxylation is 1. The summed E-state index contributed by atoms with van der Waals surface area (Å²) in [5, 5.41) is 9.24. The zero-order chi connectivity index (χ0) is 18.8. The monoisotopic (exact) mass is 418 g/mol. The van der Waals surface area contributed by atoms with Crippen LogP contribution in [0.3, 0.4) is 0 Å². The molecule has 26 heavy (non-hydrogen) atoms. The van der Waals surface area contributed by atoms with Gasteiger partial charge in [0.25, 0.3) is 0 Å². The minimum Gasteiger partial charge on any atom is -0.479 e. The molecule has 0 aliphatic heterocycles. The Kier molecular flexibility index (Phi) is 4.99. The van der Waals surface area contributed by atoms with Crippen molar-refractivity contribution in [3.05, 3.63) is 62.9 Å². The number of hydrogen-bond donors (Lipinski definition) is 1. The van der Waals surface area contributed by atoms with Gasteiger partial charge in [-0.3, -0.25) is 4.79 Å². The van der Waals surface area contributed by atoms with Crippen molar-refractivity contribution in [3.63, 3.8) is 0 Å². The number of aliphatic carboxylic acids is 1. The van der Waals surface area contributed by atoms with Crippen molar-refractivity contribution in [1.29, 1.82) is 0 Å². The predicted molar refractivity (Wildman–Crippen MR) is 99.2 cm³/mol. The molecule has 3 rings (SSSR count). The van der Waals surface area contributed by atoms with E-state index in [2.05, 4.69) is 15.9 Å². The highest BCUT2D eigenvalue weighted by Gasteiger charge is 2.16. The second kappa shape index (κ2) is 7.21. The van der Waals surface area contributed by atoms with E-state index >= 15 is 0 Å². The largest absolute Gasteiger partial charge is 0.479 e. The number of carboxylic acid groups (broad SMARTS) is 1. The number of carboxylic acids is 1. The van der Waals surface area contributed by atoms with Gasteiger partial charge in [-0.2, -0.15) is 0 Å². The number of fused-ring (bicyclic) bond motifs is 1. The molecule has 0 unspecified atom stereocenters. The first-order chi connectivity index (χ1) is 12.3. The molecule has 134 valence electrons. The highest BCUT2D eigenvalue weighted by molar-refractivity contribution is 9.10. The summed E-state index contributed by atoms with van der Waals surface area (Å²) in [4.78, 5) is 23.6. The van der Waals surface area contributed by atoms with Crippen molar-refractivity contribution in [1.82, 2.24) is 0 Å². The third-order valence-corrected chi connectivity index (χ3v) is 4.21. The Balaban J connectivity index is 1.98. The quantitative estimate of drug-likeness (QED) is 0.655. The minimum absolute atomic E-state index is 0.104. The summed E-state index contributed by atoms with van der Waals surface area (Å²) in [7, 11) is 0. The molecule has 1 aromatic heterocycles. The maximum absolute atomic E-state index is 12.7. The van der Waals surface area contributed by atoms with Gasteiger partial charge in [-0.1, -0.05) is 15.9 Å². The lowest BCUT2D eigenvalue weighted by Gasteiger charge is -2.12. The van der Waals surface area contributed by atoms with Gasteiger partial charge in [-0.15, -0.1) is 0 Å². The molecular weight excluding hydrogens is 404 g/mol. The molecular formula is C19H15BrO6. The molecule has 7 heteroatoms. The summed E-state index contributed by atoms with van der Waals surface area (Å²) in [6.45, 7) is 3.05. The van der Waals surface area contributed by atoms with Gasteiger partial charge < -0.3 is 19.0 Å². The van der Waals surface area contributed by atoms with Crippen LogP contribution in [0.4, 0.5) is 0 Å². The Morgan fingerprint density at radius 1 is 1.15 bits per heavy atom. The topological polar surface area (TPSA) is 86.0 Å². The SMILES string of the molecule is Cc1oc2cc(O[C@@H](C)C(=O)O)ccc2c(=O)c1Oc1ccc(Br)cc1. The maximum atomic E-state index is 12.7. The maximum Gasteiger partial charge on any atom is 0.344 e. The highest BCUT2D eigenvalue weighted by atomic mass is 79.9. The average molecular weight is 419 g/mol. The number of halogens is 1. The first-order valence-corrected chi connectivity index (χ1v) is 8.55. The van der Waals surface area contributed by atoms with Crippen LogP contribution in [-0.2, 0) is 4.79 Å². The van der Waals surface area contributed by atoms with Crippen molar-refractivity contribution in [2.24, 2.45) is 0 Å². The Morgan fingerprint density at radius 2 is 1.81 bits per heavy atom. The van der Waals surface area contributed by atoms with Gasteiger partial charge in [0, 0.05) is 10.5 Å². The zero-order valence-electron chi connectivity index (χ0n) is 14.0. The third kappa shape index (κ3) is 3.72. The molecule has 0 amide bonds. The fraction of sp³-hybridized carbons (Fsp3) is 0.158. The van der Waals surface area contributed by atoms with Crippen LogP contribution in [0.25, 0.3) is 11.0 Å². The van der Waals surface area contributed by atoms with E-state index in [0.717, 1.165) is 4.47 Å². The fourth-order valence-corrected chi connectivity index (χ4v) is 2.60. The van der Waals surface area contributed by atoms with Gasteiger partial charge in [0.15, 0.2) is 6.10 Å². The summed E-state index contributed by atoms with van der Waals surface area (Å²) in [6, 6.07) is 11.6. The van der Waals surface area contributed by atoms with Crippen LogP contribution >= 0.6 is 15.9 Å². The summed E-state index contributed by atoms with van der Waals surface area (Å²) < 4.78 is 17.6. The zero-order valence-corrected chi connectivity index (χ0v) is 15.6. The van der Waals surface area contributed by atoms with Crippen molar-refractivity contribution in [3.8, 4) is 17.2 Å². The second-order valence-electron chi connectivity index (χ2n) is 5.63. The summed E-state index contributed by atoms with van der Waals surface area (Å²) in [6.07, 6.45) is -1.01. The van der Waals surface area contributed by atoms with E-state index in [1.807, 2.05) is 0 Å². The van der Waals surface area contributed by atoms with Gasteiger partial charge >= 0.3 is 5.97 Å². The van der Waals surface area contributed by atoms with Gasteiger partial charge in [-0.25, -0.2) is 4.79 Å². The molecule has 0 saturated carbocycles. The van der Waals surface area contributed by atoms with E-state index in [1.54, 1.807) is 31.2 Å². The molecule has 2 aromatic carbocycles. The van der Waals surface area contributed by atoms with Crippen LogP contribution in [-0.4, -0.2) is 17.2 Å². The van der Waals surface area contributed by atoms with Crippen molar-refractivity contribution >= 4 is 32.9 Å². The van der Waals surface area contributed by atoms with Crippen LogP contribution in [0.15, 0.2) is 56.1 Å². The molecule has 0 saturated heterocycles. The van der Waals surface area contributed by atoms with Gasteiger partial charge in [0.2, 0.25) is 11.2 Å². The smallest absolute Gasteiger partial charge is 0.344 e. The Hall–Kier alpha value is -2.80. The van der Waals surface area contributed by atoms with Gasteiger partial charge in [0.1, 0.15) is 22.8 Å². The number of rotatable bonds is 5. The van der Waals surface area contributed by atoms with Crippen LogP contribution in [0, 0.1) is 6.92 Å². The molecule has 0 fully saturated rings. The Bertz CT molecular complexity index is 1020. The lowest BCUT2D eigenvalue weighted by atomic mass is 10.2. The molecule has 0 bridgehead atoms. The Labute approximate surface area is 157 Å². The average Bonchev–Trinajstić information content (AvgIpc) is 2.60. The number of hydrogen-bond acceptors (Lipinski definition) is 5. The first-order valence-electron chi connectivity index (χ1n) is 7.75. The first kappa shape index (κ1) is 18.0. The number of carbonyl (C=O) groups is 1. The van der Waals surface area contributed by atoms with Crippen LogP contribution in [0.1, 0.15) is 12.7 Å². The van der Waals surface area contributed by atoms with E-state index in [0.29, 0.717) is 28.2 Å². The van der Waals surface area contributed by atoms with E-state index in [4.69, 9.17) is 19.0 Å². The normalized spacial score (nSPS) is 12.0. The Morgan fingerprint density at radius 3 is 2.46 bits per heavy atom. The fourth-order valence-electron chi connectivity index (χ4n) is 2.33. The highest BCUT2D eigenvalue weighted by Crippen LogP contribution is 2.28. The second-order valence-corrected chi connectivity index (χ2v) is 6.54. The molecule has 3 aromatic rings. The van der Waals surface area contributed by atoms with E-state index in [1.165, 1.54) is 25.1 Å². The van der Waals surface area contributed by atoms with Gasteiger partial charge in [0.05, 0.1) is 5.39 Å². The molecule has 1 heterocycles. The lowest BCUT2D eigenvalue weighted by molar-refractivity contribution is -0.144. The molecule has 0 radical (unpaired) electrons. The molecule has 6 nitrogen and oxygen atoms in total. The lowest BCUT2D eigenvalue weighted by Crippen LogP contribution is -2.22. The molecule has 0 aliphatic rings. The predicted octanol–water partition coefficient (Wildman–Crippen LogP) is 4.51. The molecule has 0 spiro atoms. The van der Waals surface area contributed by atoms with Crippen molar-refractivity contribution in [2.45, 2.75) is 20.0 Å². The minimum atomic E-state index is -1.08. The van der Waals surface area contributed by atoms with Gasteiger partial charge in [-0.05, 0) is 50.2 Å². The summed E-state index contributed by atoms with van der Waals surface area (Å²) in [5.41, 5.74) is -0.0183. The van der Waals surface area contributed by atoms with Crippen LogP contribution < -0.4 is 14.9 Å². The molecule has 1 atom stereocenters. The van der Waals surface area contributed by atoms with Crippen molar-refractivity contribution in [2.75, 3.05) is 0 Å². The number of benzene rings is 2. The standard InChI is InChI=1S/C19H15BrO6/c1-10-18(26-13-5-3-12(20)4-6-13)17(21)15-8-7-14(9-16(15)25-10)24-11(2)19(22)23/h3-9,11H,1-2H3,(H,22,23)/t11-/m0/s1. The summed E-state index contributed by atoms with van der Waals surface area (Å²) in [5.74, 6) is 0.150. The van der Waals surface area contributed by atoms with Crippen molar-refractivity contribution < 1.29 is 23.8 Å². The van der Waals surface area contributed by atoms with Crippen LogP contribution in [0.2, 0.25) is 0 Å². The molecule has 1 N–H and O–H groups in total. The van der Waals surface area contributed by atoms with E-state index in [9.17, 15) is 9.59 Å². The summed E-state index contributed by atoms with van der Waals surface area (Å²) >= 11 is 3.34. The van der Waals surface area contributed by atoms with E-state index in [-0.39, 0.29) is 11.2 Å². The third-order valence-electron chi connectivity index (χ3n) is 3.68. The van der Waals surface area contributed by atoms with E-state index < -0.39 is 12.1 Å². The number of ether oxygens (including phenoxy) is 2.